The van der Waals surface area contributed by atoms with Gasteiger partial charge in [-0.05, 0) is 68.1 Å². The van der Waals surface area contributed by atoms with Gasteiger partial charge in [0.1, 0.15) is 5.75 Å². The number of nitrogens with zero attached hydrogens (tertiary/aromatic N) is 1. The van der Waals surface area contributed by atoms with Crippen molar-refractivity contribution < 1.29 is 15.0 Å². The zero-order valence-electron chi connectivity index (χ0n) is 13.5. The van der Waals surface area contributed by atoms with E-state index in [0.29, 0.717) is 11.7 Å². The lowest BCUT2D eigenvalue weighted by Gasteiger charge is -2.23. The summed E-state index contributed by atoms with van der Waals surface area (Å²) in [5.41, 5.74) is 2.69. The molecule has 1 fully saturated rings. The molecule has 126 valence electrons. The van der Waals surface area contributed by atoms with Crippen molar-refractivity contribution in [3.63, 3.8) is 0 Å². The van der Waals surface area contributed by atoms with Crippen molar-refractivity contribution in [3.8, 4) is 17.0 Å². The minimum absolute atomic E-state index is 0.155. The summed E-state index contributed by atoms with van der Waals surface area (Å²) in [6.07, 6.45) is 7.03. The van der Waals surface area contributed by atoms with Gasteiger partial charge in [-0.25, -0.2) is 4.79 Å². The lowest BCUT2D eigenvalue weighted by Crippen LogP contribution is -2.34. The van der Waals surface area contributed by atoms with E-state index in [-0.39, 0.29) is 11.3 Å². The number of phenolic OH excluding ortho intramolecular Hbond substituents is 1. The molecule has 3 N–H and O–H groups in total. The van der Waals surface area contributed by atoms with Gasteiger partial charge < -0.3 is 15.5 Å². The third-order valence-corrected chi connectivity index (χ3v) is 4.48. The van der Waals surface area contributed by atoms with Gasteiger partial charge in [0.05, 0.1) is 11.3 Å². The molecule has 1 atom stereocenters. The molecule has 0 spiro atoms. The predicted molar refractivity (Wildman–Crippen MR) is 92.3 cm³/mol. The first-order valence-corrected chi connectivity index (χ1v) is 8.38. The number of benzene rings is 1. The Kier molecular flexibility index (Phi) is 5.11. The number of nitrogens with one attached hydrogen (secondary N) is 1. The van der Waals surface area contributed by atoms with Crippen molar-refractivity contribution in [1.82, 2.24) is 10.3 Å². The fourth-order valence-electron chi connectivity index (χ4n) is 3.17. The number of carboxylic acid groups (broad SMARTS) is 1. The number of piperidine rings is 1. The second-order valence-electron chi connectivity index (χ2n) is 6.31. The lowest BCUT2D eigenvalue weighted by molar-refractivity contribution is 0.0696. The Morgan fingerprint density at radius 3 is 2.79 bits per heavy atom. The van der Waals surface area contributed by atoms with Gasteiger partial charge in [-0.1, -0.05) is 6.42 Å². The number of carbonyl (C=O) groups is 1. The molecule has 1 unspecified atom stereocenters. The van der Waals surface area contributed by atoms with Crippen LogP contribution in [0.1, 0.15) is 41.6 Å². The van der Waals surface area contributed by atoms with E-state index in [1.54, 1.807) is 18.2 Å². The molecule has 0 saturated carbocycles. The fourth-order valence-corrected chi connectivity index (χ4v) is 3.17. The average Bonchev–Trinajstić information content (AvgIpc) is 2.60. The van der Waals surface area contributed by atoms with Gasteiger partial charge in [0.2, 0.25) is 0 Å². The molecule has 0 aliphatic carbocycles. The topological polar surface area (TPSA) is 82.5 Å². The highest BCUT2D eigenvalue weighted by Gasteiger charge is 2.13. The summed E-state index contributed by atoms with van der Waals surface area (Å²) in [4.78, 5) is 15.1. The molecule has 2 aromatic rings. The molecule has 1 aromatic carbocycles. The average molecular weight is 326 g/mol. The first kappa shape index (κ1) is 16.5. The summed E-state index contributed by atoms with van der Waals surface area (Å²) in [6.45, 7) is 1.09. The maximum atomic E-state index is 10.9. The third-order valence-electron chi connectivity index (χ3n) is 4.48. The molecule has 1 aliphatic heterocycles. The molecule has 5 nitrogen and oxygen atoms in total. The van der Waals surface area contributed by atoms with Gasteiger partial charge in [-0.15, -0.1) is 0 Å². The van der Waals surface area contributed by atoms with Gasteiger partial charge in [0.25, 0.3) is 0 Å². The summed E-state index contributed by atoms with van der Waals surface area (Å²) < 4.78 is 0. The van der Waals surface area contributed by atoms with Gasteiger partial charge >= 0.3 is 5.97 Å². The molecule has 24 heavy (non-hydrogen) atoms. The van der Waals surface area contributed by atoms with Gasteiger partial charge in [0, 0.05) is 17.8 Å². The van der Waals surface area contributed by atoms with E-state index in [2.05, 4.69) is 10.3 Å². The SMILES string of the molecule is O=C(O)c1ccc(-c2cc(O)cc(CCC3CCCCN3)c2)nc1. The van der Waals surface area contributed by atoms with Crippen LogP contribution in [0.25, 0.3) is 11.3 Å². The van der Waals surface area contributed by atoms with Crippen LogP contribution in [0, 0.1) is 0 Å². The summed E-state index contributed by atoms with van der Waals surface area (Å²) in [5, 5.41) is 22.5. The molecular formula is C19H22N2O3. The first-order chi connectivity index (χ1) is 11.6. The van der Waals surface area contributed by atoms with Gasteiger partial charge in [0.15, 0.2) is 0 Å². The van der Waals surface area contributed by atoms with E-state index < -0.39 is 5.97 Å². The Hall–Kier alpha value is -2.40. The van der Waals surface area contributed by atoms with Crippen molar-refractivity contribution in [3.05, 3.63) is 47.7 Å². The molecule has 5 heteroatoms. The van der Waals surface area contributed by atoms with E-state index in [9.17, 15) is 9.90 Å². The smallest absolute Gasteiger partial charge is 0.337 e. The highest BCUT2D eigenvalue weighted by Crippen LogP contribution is 2.25. The minimum atomic E-state index is -0.995. The number of hydrogen-bond donors (Lipinski definition) is 3. The highest BCUT2D eigenvalue weighted by atomic mass is 16.4. The first-order valence-electron chi connectivity index (χ1n) is 8.38. The minimum Gasteiger partial charge on any atom is -0.508 e. The lowest BCUT2D eigenvalue weighted by atomic mass is 9.96. The normalized spacial score (nSPS) is 17.6. The number of aryl methyl sites for hydroxylation is 1. The fraction of sp³-hybridized carbons (Fsp3) is 0.368. The Bertz CT molecular complexity index is 707. The Labute approximate surface area is 141 Å². The van der Waals surface area contributed by atoms with Crippen molar-refractivity contribution in [1.29, 1.82) is 0 Å². The van der Waals surface area contributed by atoms with Crippen LogP contribution in [0.5, 0.6) is 5.75 Å². The predicted octanol–water partition coefficient (Wildman–Crippen LogP) is 3.23. The van der Waals surface area contributed by atoms with Crippen LogP contribution >= 0.6 is 0 Å². The molecule has 0 bridgehead atoms. The maximum Gasteiger partial charge on any atom is 0.337 e. The van der Waals surface area contributed by atoms with Crippen LogP contribution in [-0.2, 0) is 6.42 Å². The van der Waals surface area contributed by atoms with Crippen molar-refractivity contribution in [2.75, 3.05) is 6.54 Å². The van der Waals surface area contributed by atoms with Crippen LogP contribution in [0.15, 0.2) is 36.5 Å². The van der Waals surface area contributed by atoms with E-state index in [1.165, 1.54) is 31.5 Å². The number of pyridine rings is 1. The summed E-state index contributed by atoms with van der Waals surface area (Å²) in [5.74, 6) is -0.783. The molecule has 0 radical (unpaired) electrons. The second-order valence-corrected chi connectivity index (χ2v) is 6.31. The number of rotatable bonds is 5. The van der Waals surface area contributed by atoms with Crippen molar-refractivity contribution in [2.45, 2.75) is 38.1 Å². The molecule has 1 aliphatic rings. The Balaban J connectivity index is 1.74. The third kappa shape index (κ3) is 4.11. The number of aromatic nitrogens is 1. The van der Waals surface area contributed by atoms with Gasteiger partial charge in [-0.2, -0.15) is 0 Å². The monoisotopic (exact) mass is 326 g/mol. The number of aromatic hydroxyl groups is 1. The zero-order chi connectivity index (χ0) is 16.9. The molecule has 0 amide bonds. The number of carboxylic acids is 1. The van der Waals surface area contributed by atoms with E-state index in [1.807, 2.05) is 6.07 Å². The van der Waals surface area contributed by atoms with E-state index in [4.69, 9.17) is 5.11 Å². The van der Waals surface area contributed by atoms with Crippen LogP contribution in [0.2, 0.25) is 0 Å². The Morgan fingerprint density at radius 1 is 1.25 bits per heavy atom. The van der Waals surface area contributed by atoms with Gasteiger partial charge in [-0.3, -0.25) is 4.98 Å². The van der Waals surface area contributed by atoms with Crippen LogP contribution in [0.4, 0.5) is 0 Å². The molecular weight excluding hydrogens is 304 g/mol. The second kappa shape index (κ2) is 7.45. The summed E-state index contributed by atoms with van der Waals surface area (Å²) in [7, 11) is 0. The number of hydrogen-bond acceptors (Lipinski definition) is 4. The number of phenols is 1. The molecule has 3 rings (SSSR count). The largest absolute Gasteiger partial charge is 0.508 e. The van der Waals surface area contributed by atoms with E-state index >= 15 is 0 Å². The number of aromatic carboxylic acids is 1. The van der Waals surface area contributed by atoms with Crippen LogP contribution in [0.3, 0.4) is 0 Å². The molecule has 2 heterocycles. The Morgan fingerprint density at radius 2 is 2.12 bits per heavy atom. The quantitative estimate of drug-likeness (QED) is 0.786. The van der Waals surface area contributed by atoms with Crippen LogP contribution in [-0.4, -0.2) is 33.8 Å². The van der Waals surface area contributed by atoms with Crippen molar-refractivity contribution in [2.24, 2.45) is 0 Å². The molecule has 1 aromatic heterocycles. The maximum absolute atomic E-state index is 10.9. The van der Waals surface area contributed by atoms with Crippen LogP contribution < -0.4 is 5.32 Å². The van der Waals surface area contributed by atoms with E-state index in [0.717, 1.165) is 30.5 Å². The zero-order valence-corrected chi connectivity index (χ0v) is 13.5. The summed E-state index contributed by atoms with van der Waals surface area (Å²) >= 11 is 0. The standard InChI is InChI=1S/C19H22N2O3/c22-17-10-13(4-6-16-3-1-2-8-20-16)9-15(11-17)18-7-5-14(12-21-18)19(23)24/h5,7,9-12,16,20,22H,1-4,6,8H2,(H,23,24). The summed E-state index contributed by atoms with van der Waals surface area (Å²) in [6, 6.07) is 9.22. The molecule has 1 saturated heterocycles. The van der Waals surface area contributed by atoms with Crippen molar-refractivity contribution >= 4 is 5.97 Å². The highest BCUT2D eigenvalue weighted by molar-refractivity contribution is 5.87.